The first-order valence-electron chi connectivity index (χ1n) is 3.67. The van der Waals surface area contributed by atoms with Crippen molar-refractivity contribution in [1.82, 2.24) is 4.90 Å². The van der Waals surface area contributed by atoms with Crippen LogP contribution in [0.5, 0.6) is 0 Å². The number of hydrogen-bond donors (Lipinski definition) is 0. The lowest BCUT2D eigenvalue weighted by molar-refractivity contribution is 0.269. The van der Waals surface area contributed by atoms with Gasteiger partial charge in [-0.15, -0.1) is 0 Å². The minimum Gasteiger partial charge on any atom is -0.304 e. The van der Waals surface area contributed by atoms with Crippen molar-refractivity contribution in [1.29, 1.82) is 5.26 Å². The molecule has 0 unspecified atom stereocenters. The molecule has 0 rings (SSSR count). The molecule has 0 aliphatic carbocycles. The van der Waals surface area contributed by atoms with Crippen LogP contribution in [0.3, 0.4) is 0 Å². The van der Waals surface area contributed by atoms with Gasteiger partial charge in [-0.3, -0.25) is 0 Å². The molecule has 0 N–H and O–H groups in total. The second kappa shape index (κ2) is 4.94. The summed E-state index contributed by atoms with van der Waals surface area (Å²) >= 11 is 2.34. The summed E-state index contributed by atoms with van der Waals surface area (Å²) in [6, 6.07) is 2.29. The monoisotopic (exact) mass is 266 g/mol. The van der Waals surface area contributed by atoms with Gasteiger partial charge in [-0.1, -0.05) is 22.6 Å². The van der Waals surface area contributed by atoms with Crippen molar-refractivity contribution in [2.24, 2.45) is 5.41 Å². The SMILES string of the molecule is CN(CCI)CC(C)(C)C#N. The molecule has 0 amide bonds. The van der Waals surface area contributed by atoms with Crippen molar-refractivity contribution < 1.29 is 0 Å². The van der Waals surface area contributed by atoms with E-state index in [1.165, 1.54) is 0 Å². The maximum Gasteiger partial charge on any atom is 0.0697 e. The predicted octanol–water partition coefficient (Wildman–Crippen LogP) is 1.90. The molecule has 0 fully saturated rings. The standard InChI is InChI=1S/C8H15IN2/c1-8(2,6-10)7-11(3)5-4-9/h4-5,7H2,1-3H3. The molecule has 0 aliphatic heterocycles. The molecule has 0 heterocycles. The second-order valence-corrected chi connectivity index (χ2v) is 4.50. The zero-order valence-electron chi connectivity index (χ0n) is 7.39. The van der Waals surface area contributed by atoms with Gasteiger partial charge in [0.05, 0.1) is 11.5 Å². The van der Waals surface area contributed by atoms with Crippen LogP contribution in [0.15, 0.2) is 0 Å². The van der Waals surface area contributed by atoms with Gasteiger partial charge >= 0.3 is 0 Å². The Hall–Kier alpha value is 0.180. The molecule has 0 aromatic heterocycles. The quantitative estimate of drug-likeness (QED) is 0.574. The van der Waals surface area contributed by atoms with Crippen molar-refractivity contribution in [3.63, 3.8) is 0 Å². The summed E-state index contributed by atoms with van der Waals surface area (Å²) in [6.45, 7) is 5.85. The summed E-state index contributed by atoms with van der Waals surface area (Å²) in [4.78, 5) is 2.19. The van der Waals surface area contributed by atoms with Crippen LogP contribution in [0.1, 0.15) is 13.8 Å². The summed E-state index contributed by atoms with van der Waals surface area (Å²) in [5.74, 6) is 0. The number of alkyl halides is 1. The zero-order valence-corrected chi connectivity index (χ0v) is 9.55. The van der Waals surface area contributed by atoms with E-state index in [1.807, 2.05) is 13.8 Å². The number of nitriles is 1. The molecule has 0 aromatic carbocycles. The smallest absolute Gasteiger partial charge is 0.0697 e. The van der Waals surface area contributed by atoms with Crippen molar-refractivity contribution in [2.75, 3.05) is 24.6 Å². The third-order valence-corrected chi connectivity index (χ3v) is 1.92. The van der Waals surface area contributed by atoms with E-state index in [9.17, 15) is 0 Å². The highest BCUT2D eigenvalue weighted by Crippen LogP contribution is 2.13. The van der Waals surface area contributed by atoms with E-state index in [1.54, 1.807) is 0 Å². The van der Waals surface area contributed by atoms with Crippen LogP contribution in [0.2, 0.25) is 0 Å². The summed E-state index contributed by atoms with van der Waals surface area (Å²) in [6.07, 6.45) is 0. The molecule has 0 aliphatic rings. The number of nitrogens with zero attached hydrogens (tertiary/aromatic N) is 2. The summed E-state index contributed by atoms with van der Waals surface area (Å²) in [7, 11) is 2.05. The molecule has 3 heteroatoms. The first-order chi connectivity index (χ1) is 5.02. The summed E-state index contributed by atoms with van der Waals surface area (Å²) in [5.41, 5.74) is -0.208. The van der Waals surface area contributed by atoms with Crippen molar-refractivity contribution in [3.05, 3.63) is 0 Å². The Morgan fingerprint density at radius 1 is 1.55 bits per heavy atom. The van der Waals surface area contributed by atoms with Crippen LogP contribution < -0.4 is 0 Å². The maximum atomic E-state index is 8.73. The molecule has 2 nitrogen and oxygen atoms in total. The third-order valence-electron chi connectivity index (χ3n) is 1.43. The molecular weight excluding hydrogens is 251 g/mol. The van der Waals surface area contributed by atoms with E-state index < -0.39 is 0 Å². The molecule has 0 aromatic rings. The van der Waals surface area contributed by atoms with Crippen LogP contribution in [0.4, 0.5) is 0 Å². The Kier molecular flexibility index (Phi) is 5.02. The van der Waals surface area contributed by atoms with Gasteiger partial charge < -0.3 is 4.90 Å². The Morgan fingerprint density at radius 3 is 2.45 bits per heavy atom. The fraction of sp³-hybridized carbons (Fsp3) is 0.875. The maximum absolute atomic E-state index is 8.73. The van der Waals surface area contributed by atoms with Crippen molar-refractivity contribution in [3.8, 4) is 6.07 Å². The first-order valence-corrected chi connectivity index (χ1v) is 5.20. The van der Waals surface area contributed by atoms with Gasteiger partial charge in [-0.2, -0.15) is 5.26 Å². The van der Waals surface area contributed by atoms with E-state index in [0.29, 0.717) is 0 Å². The third kappa shape index (κ3) is 5.45. The second-order valence-electron chi connectivity index (χ2n) is 3.42. The lowest BCUT2D eigenvalue weighted by Crippen LogP contribution is -2.31. The molecule has 11 heavy (non-hydrogen) atoms. The minimum absolute atomic E-state index is 0.208. The van der Waals surface area contributed by atoms with Gasteiger partial charge in [0.25, 0.3) is 0 Å². The van der Waals surface area contributed by atoms with Gasteiger partial charge in [0.1, 0.15) is 0 Å². The molecule has 0 radical (unpaired) electrons. The largest absolute Gasteiger partial charge is 0.304 e. The van der Waals surface area contributed by atoms with Gasteiger partial charge in [0.2, 0.25) is 0 Å². The molecule has 64 valence electrons. The fourth-order valence-electron chi connectivity index (χ4n) is 0.933. The topological polar surface area (TPSA) is 27.0 Å². The summed E-state index contributed by atoms with van der Waals surface area (Å²) in [5, 5.41) is 8.73. The molecule has 0 spiro atoms. The van der Waals surface area contributed by atoms with E-state index in [-0.39, 0.29) is 5.41 Å². The van der Waals surface area contributed by atoms with Crippen LogP contribution >= 0.6 is 22.6 Å². The lowest BCUT2D eigenvalue weighted by atomic mass is 9.95. The Bertz CT molecular complexity index is 149. The number of rotatable bonds is 4. The van der Waals surface area contributed by atoms with Crippen LogP contribution in [-0.2, 0) is 0 Å². The Labute approximate surface area is 82.7 Å². The van der Waals surface area contributed by atoms with E-state index in [0.717, 1.165) is 17.5 Å². The van der Waals surface area contributed by atoms with Gasteiger partial charge in [-0.05, 0) is 20.9 Å². The summed E-state index contributed by atoms with van der Waals surface area (Å²) < 4.78 is 1.12. The first kappa shape index (κ1) is 11.2. The zero-order chi connectivity index (χ0) is 8.91. The van der Waals surface area contributed by atoms with Crippen LogP contribution in [0.25, 0.3) is 0 Å². The predicted molar refractivity (Wildman–Crippen MR) is 55.8 cm³/mol. The highest BCUT2D eigenvalue weighted by Gasteiger charge is 2.18. The van der Waals surface area contributed by atoms with E-state index >= 15 is 0 Å². The van der Waals surface area contributed by atoms with Crippen molar-refractivity contribution in [2.45, 2.75) is 13.8 Å². The molecule has 0 atom stereocenters. The molecule has 0 bridgehead atoms. The fourth-order valence-corrected chi connectivity index (χ4v) is 1.76. The van der Waals surface area contributed by atoms with Gasteiger partial charge in [0.15, 0.2) is 0 Å². The Balaban J connectivity index is 3.76. The number of halogens is 1. The van der Waals surface area contributed by atoms with Crippen LogP contribution in [0, 0.1) is 16.7 Å². The average Bonchev–Trinajstić information content (AvgIpc) is 1.87. The highest BCUT2D eigenvalue weighted by atomic mass is 127. The van der Waals surface area contributed by atoms with E-state index in [4.69, 9.17) is 5.26 Å². The Morgan fingerprint density at radius 2 is 2.09 bits per heavy atom. The van der Waals surface area contributed by atoms with Gasteiger partial charge in [0, 0.05) is 17.5 Å². The molecule has 0 saturated carbocycles. The minimum atomic E-state index is -0.208. The van der Waals surface area contributed by atoms with Gasteiger partial charge in [-0.25, -0.2) is 0 Å². The van der Waals surface area contributed by atoms with Crippen LogP contribution in [-0.4, -0.2) is 29.5 Å². The highest BCUT2D eigenvalue weighted by molar-refractivity contribution is 14.1. The van der Waals surface area contributed by atoms with E-state index in [2.05, 4.69) is 40.6 Å². The van der Waals surface area contributed by atoms with Crippen molar-refractivity contribution >= 4 is 22.6 Å². The average molecular weight is 266 g/mol. The normalized spacial score (nSPS) is 11.6. The molecular formula is C8H15IN2. The number of hydrogen-bond acceptors (Lipinski definition) is 2. The lowest BCUT2D eigenvalue weighted by Gasteiger charge is -2.23. The molecule has 0 saturated heterocycles.